The van der Waals surface area contributed by atoms with Crippen LogP contribution < -0.4 is 5.73 Å². The Kier molecular flexibility index (Phi) is 3.02. The lowest BCUT2D eigenvalue weighted by atomic mass is 10.1. The molecule has 8 heteroatoms. The third-order valence-corrected chi connectivity index (χ3v) is 2.98. The molecule has 92 valence electrons. The van der Waals surface area contributed by atoms with Crippen molar-refractivity contribution in [3.05, 3.63) is 38.8 Å². The first-order valence-electron chi connectivity index (χ1n) is 4.73. The summed E-state index contributed by atoms with van der Waals surface area (Å²) in [7, 11) is 0. The molecule has 0 aliphatic carbocycles. The molecule has 3 N–H and O–H groups in total. The van der Waals surface area contributed by atoms with Crippen LogP contribution in [-0.2, 0) is 4.79 Å². The van der Waals surface area contributed by atoms with Crippen molar-refractivity contribution in [3.63, 3.8) is 0 Å². The largest absolute Gasteiger partial charge is 0.502 e. The quantitative estimate of drug-likeness (QED) is 0.471. The summed E-state index contributed by atoms with van der Waals surface area (Å²) in [6.07, 6.45) is 1.32. The van der Waals surface area contributed by atoms with Gasteiger partial charge in [0.1, 0.15) is 0 Å². The van der Waals surface area contributed by atoms with Crippen LogP contribution in [0.2, 0.25) is 0 Å². The summed E-state index contributed by atoms with van der Waals surface area (Å²) < 4.78 is 0. The Morgan fingerprint density at radius 3 is 2.78 bits per heavy atom. The average molecular weight is 265 g/mol. The number of rotatable bonds is 2. The molecule has 1 amide bonds. The Bertz CT molecular complexity index is 609. The van der Waals surface area contributed by atoms with Crippen LogP contribution in [0.4, 0.5) is 5.69 Å². The van der Waals surface area contributed by atoms with E-state index in [4.69, 9.17) is 5.73 Å². The molecule has 1 aliphatic heterocycles. The van der Waals surface area contributed by atoms with Gasteiger partial charge in [-0.3, -0.25) is 14.9 Å². The number of aromatic hydroxyl groups is 1. The van der Waals surface area contributed by atoms with E-state index in [0.717, 1.165) is 11.8 Å². The van der Waals surface area contributed by atoms with Crippen LogP contribution in [0.15, 0.2) is 28.1 Å². The Balaban J connectivity index is 2.42. The lowest BCUT2D eigenvalue weighted by Gasteiger charge is -2.00. The number of aliphatic imine (C=N–C) groups is 1. The zero-order valence-corrected chi connectivity index (χ0v) is 9.68. The number of phenols is 1. The van der Waals surface area contributed by atoms with E-state index >= 15 is 0 Å². The predicted octanol–water partition coefficient (Wildman–Crippen LogP) is 1.23. The number of para-hydroxylation sites is 1. The van der Waals surface area contributed by atoms with E-state index in [0.29, 0.717) is 0 Å². The third-order valence-electron chi connectivity index (χ3n) is 2.17. The van der Waals surface area contributed by atoms with E-state index in [1.54, 1.807) is 0 Å². The van der Waals surface area contributed by atoms with Gasteiger partial charge < -0.3 is 10.8 Å². The molecule has 7 nitrogen and oxygen atoms in total. The zero-order valence-electron chi connectivity index (χ0n) is 8.86. The average Bonchev–Trinajstić information content (AvgIpc) is 2.60. The van der Waals surface area contributed by atoms with Gasteiger partial charge in [-0.15, -0.1) is 0 Å². The maximum atomic E-state index is 11.3. The number of hydrogen-bond acceptors (Lipinski definition) is 6. The lowest BCUT2D eigenvalue weighted by Crippen LogP contribution is -2.01. The van der Waals surface area contributed by atoms with Crippen molar-refractivity contribution in [2.75, 3.05) is 0 Å². The van der Waals surface area contributed by atoms with Crippen LogP contribution in [-0.4, -0.2) is 21.1 Å². The summed E-state index contributed by atoms with van der Waals surface area (Å²) in [5.74, 6) is -1.02. The molecule has 2 rings (SSSR count). The first kappa shape index (κ1) is 12.1. The number of nitro benzene ring substituents is 1. The lowest BCUT2D eigenvalue weighted by molar-refractivity contribution is -0.385. The van der Waals surface area contributed by atoms with Gasteiger partial charge >= 0.3 is 5.69 Å². The Morgan fingerprint density at radius 2 is 2.22 bits per heavy atom. The van der Waals surface area contributed by atoms with Crippen LogP contribution in [0.5, 0.6) is 5.75 Å². The first-order valence-corrected chi connectivity index (χ1v) is 5.55. The Labute approximate surface area is 105 Å². The van der Waals surface area contributed by atoms with Gasteiger partial charge in [-0.2, -0.15) is 4.99 Å². The standard InChI is InChI=1S/C10H7N3O4S/c11-10-12-9(15)7(18-10)4-5-2-1-3-6(8(5)14)13(16)17/h1-4,14H,(H2,11,12,15)/b7-4+. The van der Waals surface area contributed by atoms with Crippen LogP contribution in [0, 0.1) is 10.1 Å². The predicted molar refractivity (Wildman–Crippen MR) is 67.0 cm³/mol. The van der Waals surface area contributed by atoms with Gasteiger partial charge in [0, 0.05) is 11.6 Å². The third kappa shape index (κ3) is 2.18. The van der Waals surface area contributed by atoms with Gasteiger partial charge in [-0.05, 0) is 17.8 Å². The smallest absolute Gasteiger partial charge is 0.311 e. The maximum Gasteiger partial charge on any atom is 0.311 e. The van der Waals surface area contributed by atoms with Crippen molar-refractivity contribution in [1.29, 1.82) is 0 Å². The molecule has 1 aromatic rings. The van der Waals surface area contributed by atoms with Gasteiger partial charge in [0.05, 0.1) is 9.83 Å². The van der Waals surface area contributed by atoms with Crippen molar-refractivity contribution in [2.24, 2.45) is 10.7 Å². The molecule has 1 aromatic carbocycles. The highest BCUT2D eigenvalue weighted by Crippen LogP contribution is 2.33. The first-order chi connectivity index (χ1) is 8.49. The molecule has 0 spiro atoms. The number of amides is 1. The van der Waals surface area contributed by atoms with Crippen molar-refractivity contribution in [1.82, 2.24) is 0 Å². The molecule has 0 aromatic heterocycles. The molecule has 0 atom stereocenters. The number of amidine groups is 1. The monoisotopic (exact) mass is 265 g/mol. The molecule has 0 saturated carbocycles. The van der Waals surface area contributed by atoms with Gasteiger partial charge in [0.2, 0.25) is 5.75 Å². The van der Waals surface area contributed by atoms with Gasteiger partial charge in [-0.25, -0.2) is 0 Å². The normalized spacial score (nSPS) is 17.0. The number of carbonyl (C=O) groups is 1. The maximum absolute atomic E-state index is 11.3. The summed E-state index contributed by atoms with van der Waals surface area (Å²) in [6, 6.07) is 4.04. The SMILES string of the molecule is NC1=NC(=O)/C(=C\c2cccc([N+](=O)[O-])c2O)S1. The molecule has 0 fully saturated rings. The van der Waals surface area contributed by atoms with Gasteiger partial charge in [0.25, 0.3) is 5.91 Å². The fraction of sp³-hybridized carbons (Fsp3) is 0. The van der Waals surface area contributed by atoms with Gasteiger partial charge in [0.15, 0.2) is 5.17 Å². The van der Waals surface area contributed by atoms with E-state index in [1.165, 1.54) is 24.3 Å². The van der Waals surface area contributed by atoms with Crippen LogP contribution in [0.1, 0.15) is 5.56 Å². The van der Waals surface area contributed by atoms with Crippen LogP contribution in [0.25, 0.3) is 6.08 Å². The second-order valence-corrected chi connectivity index (χ2v) is 4.40. The number of benzene rings is 1. The van der Waals surface area contributed by atoms with E-state index in [-0.39, 0.29) is 15.6 Å². The number of carbonyl (C=O) groups excluding carboxylic acids is 1. The van der Waals surface area contributed by atoms with Crippen molar-refractivity contribution >= 4 is 34.6 Å². The summed E-state index contributed by atoms with van der Waals surface area (Å²) >= 11 is 0.950. The number of phenolic OH excluding ortho intramolecular Hbond substituents is 1. The van der Waals surface area contributed by atoms with E-state index in [9.17, 15) is 20.0 Å². The van der Waals surface area contributed by atoms with E-state index < -0.39 is 22.3 Å². The Hall–Kier alpha value is -2.35. The number of nitrogens with zero attached hydrogens (tertiary/aromatic N) is 2. The number of thioether (sulfide) groups is 1. The van der Waals surface area contributed by atoms with Crippen molar-refractivity contribution < 1.29 is 14.8 Å². The fourth-order valence-corrected chi connectivity index (χ4v) is 2.05. The van der Waals surface area contributed by atoms with Crippen LogP contribution in [0.3, 0.4) is 0 Å². The highest BCUT2D eigenvalue weighted by atomic mass is 32.2. The molecular weight excluding hydrogens is 258 g/mol. The molecule has 0 radical (unpaired) electrons. The second-order valence-electron chi connectivity index (χ2n) is 3.34. The molecule has 1 aliphatic rings. The van der Waals surface area contributed by atoms with Gasteiger partial charge in [-0.1, -0.05) is 12.1 Å². The molecule has 0 saturated heterocycles. The number of hydrogen-bond donors (Lipinski definition) is 2. The summed E-state index contributed by atoms with van der Waals surface area (Å²) in [5, 5.41) is 20.4. The summed E-state index contributed by atoms with van der Waals surface area (Å²) in [6.45, 7) is 0. The number of nitrogens with two attached hydrogens (primary N) is 1. The minimum atomic E-state index is -0.703. The zero-order chi connectivity index (χ0) is 13.3. The molecule has 18 heavy (non-hydrogen) atoms. The van der Waals surface area contributed by atoms with Crippen molar-refractivity contribution in [3.8, 4) is 5.75 Å². The summed E-state index contributed by atoms with van der Waals surface area (Å²) in [5.41, 5.74) is 5.11. The molecule has 0 bridgehead atoms. The second kappa shape index (κ2) is 4.49. The molecular formula is C10H7N3O4S. The Morgan fingerprint density at radius 1 is 1.50 bits per heavy atom. The minimum absolute atomic E-state index is 0.108. The fourth-order valence-electron chi connectivity index (χ4n) is 1.38. The minimum Gasteiger partial charge on any atom is -0.502 e. The number of nitro groups is 1. The summed E-state index contributed by atoms with van der Waals surface area (Å²) in [4.78, 5) is 25.0. The molecule has 1 heterocycles. The molecule has 0 unspecified atom stereocenters. The van der Waals surface area contributed by atoms with Crippen LogP contribution >= 0.6 is 11.8 Å². The topological polar surface area (TPSA) is 119 Å². The highest BCUT2D eigenvalue weighted by Gasteiger charge is 2.21. The highest BCUT2D eigenvalue weighted by molar-refractivity contribution is 8.18. The van der Waals surface area contributed by atoms with Crippen molar-refractivity contribution in [2.45, 2.75) is 0 Å². The van der Waals surface area contributed by atoms with E-state index in [1.807, 2.05) is 0 Å². The van der Waals surface area contributed by atoms with E-state index in [2.05, 4.69) is 4.99 Å².